The second kappa shape index (κ2) is 19.1. The van der Waals surface area contributed by atoms with Gasteiger partial charge in [0.2, 0.25) is 0 Å². The third-order valence-corrected chi connectivity index (χ3v) is 9.35. The summed E-state index contributed by atoms with van der Waals surface area (Å²) in [6.45, 7) is 9.92. The number of ether oxygens (including phenoxy) is 2. The molecule has 0 unspecified atom stereocenters. The minimum atomic E-state index is -1.36. The number of carbonyl (C=O) groups excluding carboxylic acids is 1. The fourth-order valence-corrected chi connectivity index (χ4v) is 5.88. The summed E-state index contributed by atoms with van der Waals surface area (Å²) in [5.41, 5.74) is 0.536. The van der Waals surface area contributed by atoms with Crippen molar-refractivity contribution in [2.24, 2.45) is 0 Å². The van der Waals surface area contributed by atoms with Gasteiger partial charge in [-0.3, -0.25) is 0 Å². The van der Waals surface area contributed by atoms with Crippen LogP contribution in [0.15, 0.2) is 48.5 Å². The maximum Gasteiger partial charge on any atom is 0.343 e. The van der Waals surface area contributed by atoms with Crippen molar-refractivity contribution in [1.82, 2.24) is 0 Å². The van der Waals surface area contributed by atoms with E-state index < -0.39 is 8.07 Å². The average molecular weight is 539 g/mol. The molecule has 0 fully saturated rings. The fourth-order valence-electron chi connectivity index (χ4n) is 4.72. The minimum Gasteiger partial charge on any atom is -0.494 e. The van der Waals surface area contributed by atoms with Crippen molar-refractivity contribution in [1.29, 1.82) is 0 Å². The molecule has 0 atom stereocenters. The van der Waals surface area contributed by atoms with E-state index in [1.165, 1.54) is 101 Å². The molecule has 0 aliphatic carbocycles. The number of hydrogen-bond acceptors (Lipinski definition) is 3. The number of unbranched alkanes of at least 4 members (excludes halogenated alkanes) is 15. The van der Waals surface area contributed by atoms with Gasteiger partial charge in [-0.1, -0.05) is 140 Å². The zero-order valence-corrected chi connectivity index (χ0v) is 25.9. The van der Waals surface area contributed by atoms with Crippen LogP contribution in [0.1, 0.15) is 120 Å². The van der Waals surface area contributed by atoms with Crippen LogP contribution in [0.5, 0.6) is 11.5 Å². The van der Waals surface area contributed by atoms with Gasteiger partial charge in [0.15, 0.2) is 0 Å². The Morgan fingerprint density at radius 2 is 1.00 bits per heavy atom. The van der Waals surface area contributed by atoms with E-state index in [1.807, 2.05) is 24.3 Å². The fraction of sp³-hybridized carbons (Fsp3) is 0.618. The normalized spacial score (nSPS) is 11.5. The molecule has 0 bridgehead atoms. The molecule has 38 heavy (non-hydrogen) atoms. The molecule has 2 aromatic carbocycles. The average Bonchev–Trinajstić information content (AvgIpc) is 2.90. The van der Waals surface area contributed by atoms with Gasteiger partial charge in [0.25, 0.3) is 0 Å². The van der Waals surface area contributed by atoms with Crippen molar-refractivity contribution in [3.8, 4) is 11.5 Å². The predicted molar refractivity (Wildman–Crippen MR) is 166 cm³/mol. The van der Waals surface area contributed by atoms with E-state index >= 15 is 0 Å². The summed E-state index contributed by atoms with van der Waals surface area (Å²) in [5.74, 6) is 1.05. The van der Waals surface area contributed by atoms with Crippen LogP contribution in [0.4, 0.5) is 0 Å². The van der Waals surface area contributed by atoms with Crippen LogP contribution in [0.25, 0.3) is 0 Å². The van der Waals surface area contributed by atoms with Gasteiger partial charge in [-0.25, -0.2) is 4.79 Å². The molecule has 0 heterocycles. The molecule has 0 N–H and O–H groups in total. The van der Waals surface area contributed by atoms with E-state index in [0.29, 0.717) is 11.3 Å². The minimum absolute atomic E-state index is 0.338. The first-order valence-corrected chi connectivity index (χ1v) is 19.0. The van der Waals surface area contributed by atoms with Gasteiger partial charge in [0.1, 0.15) is 11.5 Å². The number of esters is 1. The molecule has 0 aromatic heterocycles. The second-order valence-corrected chi connectivity index (χ2v) is 16.9. The monoisotopic (exact) mass is 538 g/mol. The predicted octanol–water partition coefficient (Wildman–Crippen LogP) is 10.1. The Kier molecular flexibility index (Phi) is 16.1. The summed E-state index contributed by atoms with van der Waals surface area (Å²) in [6, 6.07) is 15.2. The Labute approximate surface area is 234 Å². The summed E-state index contributed by atoms with van der Waals surface area (Å²) < 4.78 is 11.4. The SMILES string of the molecule is CCCCCCCCCCCCCCCCCCOc1ccc(C(=O)Oc2ccc([Si](C)(C)C)cc2)cc1. The van der Waals surface area contributed by atoms with Crippen LogP contribution in [0.2, 0.25) is 19.6 Å². The van der Waals surface area contributed by atoms with E-state index in [9.17, 15) is 4.79 Å². The summed E-state index contributed by atoms with van der Waals surface area (Å²) in [7, 11) is -1.36. The lowest BCUT2D eigenvalue weighted by molar-refractivity contribution is 0.0734. The van der Waals surface area contributed by atoms with E-state index in [4.69, 9.17) is 9.47 Å². The van der Waals surface area contributed by atoms with Crippen LogP contribution in [-0.4, -0.2) is 20.7 Å². The number of hydrogen-bond donors (Lipinski definition) is 0. The molecular formula is C34H54O3Si. The molecule has 0 radical (unpaired) electrons. The van der Waals surface area contributed by atoms with Crippen molar-refractivity contribution in [3.05, 3.63) is 54.1 Å². The smallest absolute Gasteiger partial charge is 0.343 e. The molecular weight excluding hydrogens is 484 g/mol. The number of carbonyl (C=O) groups is 1. The first kappa shape index (κ1) is 32.1. The highest BCUT2D eigenvalue weighted by molar-refractivity contribution is 6.88. The van der Waals surface area contributed by atoms with Gasteiger partial charge in [0, 0.05) is 0 Å². The first-order chi connectivity index (χ1) is 18.4. The highest BCUT2D eigenvalue weighted by Gasteiger charge is 2.16. The summed E-state index contributed by atoms with van der Waals surface area (Å²) >= 11 is 0. The van der Waals surface area contributed by atoms with Gasteiger partial charge in [0.05, 0.1) is 20.2 Å². The summed E-state index contributed by atoms with van der Waals surface area (Å²) in [4.78, 5) is 12.5. The molecule has 0 amide bonds. The molecule has 3 nitrogen and oxygen atoms in total. The Morgan fingerprint density at radius 1 is 0.579 bits per heavy atom. The Morgan fingerprint density at radius 3 is 1.45 bits per heavy atom. The Bertz CT molecular complexity index is 868. The molecule has 4 heteroatoms. The van der Waals surface area contributed by atoms with Crippen LogP contribution >= 0.6 is 0 Å². The lowest BCUT2D eigenvalue weighted by Gasteiger charge is -2.16. The Balaban J connectivity index is 1.46. The zero-order chi connectivity index (χ0) is 27.5. The van der Waals surface area contributed by atoms with Crippen molar-refractivity contribution >= 4 is 19.2 Å². The maximum absolute atomic E-state index is 12.5. The zero-order valence-electron chi connectivity index (χ0n) is 24.9. The standard InChI is InChI=1S/C34H54O3Si/c1-5-6-7-8-9-10-11-12-13-14-15-16-17-18-19-20-29-36-31-23-21-30(22-24-31)34(35)37-32-25-27-33(28-26-32)38(2,3)4/h21-28H,5-20,29H2,1-4H3. The van der Waals surface area contributed by atoms with Crippen LogP contribution in [-0.2, 0) is 0 Å². The third kappa shape index (κ3) is 14.2. The number of benzene rings is 2. The topological polar surface area (TPSA) is 35.5 Å². The third-order valence-electron chi connectivity index (χ3n) is 7.29. The highest BCUT2D eigenvalue weighted by atomic mass is 28.3. The van der Waals surface area contributed by atoms with Crippen molar-refractivity contribution in [2.45, 2.75) is 129 Å². The van der Waals surface area contributed by atoms with Crippen molar-refractivity contribution < 1.29 is 14.3 Å². The molecule has 2 rings (SSSR count). The van der Waals surface area contributed by atoms with Crippen LogP contribution in [0.3, 0.4) is 0 Å². The quantitative estimate of drug-likeness (QED) is 0.0686. The van der Waals surface area contributed by atoms with E-state index in [0.717, 1.165) is 18.8 Å². The van der Waals surface area contributed by atoms with E-state index in [-0.39, 0.29) is 5.97 Å². The summed E-state index contributed by atoms with van der Waals surface area (Å²) in [5, 5.41) is 1.35. The van der Waals surface area contributed by atoms with E-state index in [1.54, 1.807) is 12.1 Å². The molecule has 0 saturated carbocycles. The molecule has 212 valence electrons. The maximum atomic E-state index is 12.5. The van der Waals surface area contributed by atoms with Gasteiger partial charge >= 0.3 is 5.97 Å². The molecule has 0 saturated heterocycles. The Hall–Kier alpha value is -2.07. The molecule has 0 aliphatic rings. The molecule has 2 aromatic rings. The molecule has 0 aliphatic heterocycles. The van der Waals surface area contributed by atoms with Crippen molar-refractivity contribution in [3.63, 3.8) is 0 Å². The van der Waals surface area contributed by atoms with Crippen LogP contribution < -0.4 is 14.7 Å². The van der Waals surface area contributed by atoms with Gasteiger partial charge in [-0.2, -0.15) is 0 Å². The molecule has 0 spiro atoms. The largest absolute Gasteiger partial charge is 0.494 e. The van der Waals surface area contributed by atoms with Gasteiger partial charge in [-0.15, -0.1) is 0 Å². The number of rotatable bonds is 21. The van der Waals surface area contributed by atoms with Crippen LogP contribution in [0, 0.1) is 0 Å². The van der Waals surface area contributed by atoms with Crippen molar-refractivity contribution in [2.75, 3.05) is 6.61 Å². The lowest BCUT2D eigenvalue weighted by Crippen LogP contribution is -2.37. The second-order valence-electron chi connectivity index (χ2n) is 11.8. The van der Waals surface area contributed by atoms with Gasteiger partial charge in [-0.05, 0) is 42.8 Å². The lowest BCUT2D eigenvalue weighted by atomic mass is 10.0. The summed E-state index contributed by atoms with van der Waals surface area (Å²) in [6.07, 6.45) is 21.9. The highest BCUT2D eigenvalue weighted by Crippen LogP contribution is 2.17. The van der Waals surface area contributed by atoms with Gasteiger partial charge < -0.3 is 9.47 Å². The van der Waals surface area contributed by atoms with E-state index in [2.05, 4.69) is 38.7 Å². The first-order valence-electron chi connectivity index (χ1n) is 15.5.